The zero-order valence-corrected chi connectivity index (χ0v) is 5.59. The molecular formula is C10H7+. The van der Waals surface area contributed by atoms with Crippen LogP contribution >= 0.6 is 0 Å². The van der Waals surface area contributed by atoms with Gasteiger partial charge >= 0.3 is 0 Å². The highest BCUT2D eigenvalue weighted by Gasteiger charge is 2.10. The predicted octanol–water partition coefficient (Wildman–Crippen LogP) is 2.33. The molecule has 0 nitrogen and oxygen atoms in total. The Kier molecular flexibility index (Phi) is 1.15. The van der Waals surface area contributed by atoms with Crippen LogP contribution in [0.25, 0.3) is 0 Å². The first-order valence-corrected chi connectivity index (χ1v) is 3.37. The lowest BCUT2D eigenvalue weighted by Gasteiger charge is -1.98. The molecule has 0 heteroatoms. The summed E-state index contributed by atoms with van der Waals surface area (Å²) >= 11 is 0. The van der Waals surface area contributed by atoms with E-state index < -0.39 is 0 Å². The van der Waals surface area contributed by atoms with Crippen LogP contribution in [0.5, 0.6) is 0 Å². The quantitative estimate of drug-likeness (QED) is 0.346. The van der Waals surface area contributed by atoms with Gasteiger partial charge in [-0.1, -0.05) is 0 Å². The molecule has 0 atom stereocenters. The first-order valence-electron chi connectivity index (χ1n) is 3.37. The van der Waals surface area contributed by atoms with Crippen molar-refractivity contribution >= 4 is 0 Å². The van der Waals surface area contributed by atoms with E-state index in [1.165, 1.54) is 11.1 Å². The van der Waals surface area contributed by atoms with Crippen LogP contribution in [-0.4, -0.2) is 0 Å². The van der Waals surface area contributed by atoms with Gasteiger partial charge in [0.2, 0.25) is 0 Å². The van der Waals surface area contributed by atoms with Crippen molar-refractivity contribution in [2.24, 2.45) is 0 Å². The summed E-state index contributed by atoms with van der Waals surface area (Å²) in [6.45, 7) is 0. The van der Waals surface area contributed by atoms with Gasteiger partial charge in [-0.2, -0.15) is 0 Å². The second kappa shape index (κ2) is 2.11. The Labute approximate surface area is 60.6 Å². The fraction of sp³-hybridized carbons (Fsp3) is 0.100. The Morgan fingerprint density at radius 2 is 2.50 bits per heavy atom. The molecule has 2 aliphatic rings. The van der Waals surface area contributed by atoms with E-state index in [0.717, 1.165) is 6.42 Å². The maximum Gasteiger partial charge on any atom is 0.111 e. The fourth-order valence-electron chi connectivity index (χ4n) is 1.11. The first kappa shape index (κ1) is 5.44. The highest BCUT2D eigenvalue weighted by atomic mass is 14.1. The van der Waals surface area contributed by atoms with Crippen molar-refractivity contribution in [3.8, 4) is 0 Å². The molecule has 0 spiro atoms. The molecule has 0 radical (unpaired) electrons. The fourth-order valence-corrected chi connectivity index (χ4v) is 1.11. The van der Waals surface area contributed by atoms with E-state index >= 15 is 0 Å². The third-order valence-corrected chi connectivity index (χ3v) is 1.67. The smallest absolute Gasteiger partial charge is 0.109 e. The summed E-state index contributed by atoms with van der Waals surface area (Å²) in [5.41, 5.74) is 5.70. The average molecular weight is 127 g/mol. The third kappa shape index (κ3) is 0.766. The van der Waals surface area contributed by atoms with E-state index in [-0.39, 0.29) is 0 Å². The van der Waals surface area contributed by atoms with Crippen molar-refractivity contribution in [2.45, 2.75) is 6.42 Å². The number of hydrogen-bond acceptors (Lipinski definition) is 0. The molecule has 46 valence electrons. The average Bonchev–Trinajstić information content (AvgIpc) is 2.05. The van der Waals surface area contributed by atoms with Crippen LogP contribution in [0, 0.1) is 6.08 Å². The van der Waals surface area contributed by atoms with Gasteiger partial charge in [0, 0.05) is 18.6 Å². The molecule has 0 amide bonds. The van der Waals surface area contributed by atoms with Crippen LogP contribution in [0.3, 0.4) is 0 Å². The van der Waals surface area contributed by atoms with Gasteiger partial charge < -0.3 is 0 Å². The molecule has 2 rings (SSSR count). The summed E-state index contributed by atoms with van der Waals surface area (Å²) in [7, 11) is 0. The molecule has 0 heterocycles. The zero-order chi connectivity index (χ0) is 6.81. The highest BCUT2D eigenvalue weighted by molar-refractivity contribution is 5.46. The summed E-state index contributed by atoms with van der Waals surface area (Å²) in [6, 6.07) is 0. The highest BCUT2D eigenvalue weighted by Crippen LogP contribution is 2.19. The molecule has 10 heavy (non-hydrogen) atoms. The van der Waals surface area contributed by atoms with E-state index in [1.54, 1.807) is 0 Å². The molecule has 0 saturated carbocycles. The van der Waals surface area contributed by atoms with Crippen LogP contribution < -0.4 is 0 Å². The van der Waals surface area contributed by atoms with Crippen molar-refractivity contribution in [1.82, 2.24) is 0 Å². The Balaban J connectivity index is 2.52. The lowest BCUT2D eigenvalue weighted by molar-refractivity contribution is 1.23. The molecule has 0 unspecified atom stereocenters. The molecule has 0 bridgehead atoms. The molecule has 0 aromatic carbocycles. The topological polar surface area (TPSA) is 0 Å². The number of hydrogen-bond donors (Lipinski definition) is 0. The lowest BCUT2D eigenvalue weighted by Crippen LogP contribution is -1.88. The van der Waals surface area contributed by atoms with Crippen molar-refractivity contribution < 1.29 is 0 Å². The molecule has 0 fully saturated rings. The van der Waals surface area contributed by atoms with Crippen LogP contribution in [0.2, 0.25) is 0 Å². The van der Waals surface area contributed by atoms with Crippen LogP contribution in [0.4, 0.5) is 0 Å². The van der Waals surface area contributed by atoms with E-state index in [2.05, 4.69) is 17.9 Å². The minimum Gasteiger partial charge on any atom is -0.109 e. The van der Waals surface area contributed by atoms with Gasteiger partial charge in [-0.05, 0) is 6.08 Å². The van der Waals surface area contributed by atoms with Gasteiger partial charge in [-0.15, -0.1) is 5.73 Å². The standard InChI is InChI=1S/C10H7/c1-2-6-10-8-4-3-7-9(10)5-1/h1,3,5-6,8H,7H2/q+1. The molecule has 0 aromatic heterocycles. The Bertz CT molecular complexity index is 292. The second-order valence-electron chi connectivity index (χ2n) is 2.34. The Morgan fingerprint density at radius 1 is 1.50 bits per heavy atom. The van der Waals surface area contributed by atoms with Crippen LogP contribution in [0.1, 0.15) is 6.42 Å². The number of rotatable bonds is 0. The minimum absolute atomic E-state index is 1.01. The summed E-state index contributed by atoms with van der Waals surface area (Å²) < 4.78 is 0. The Morgan fingerprint density at radius 3 is 3.40 bits per heavy atom. The van der Waals surface area contributed by atoms with Gasteiger partial charge in [-0.25, -0.2) is 0 Å². The maximum atomic E-state index is 3.07. The summed E-state index contributed by atoms with van der Waals surface area (Å²) in [5.74, 6) is 0. The summed E-state index contributed by atoms with van der Waals surface area (Å²) in [5, 5.41) is 0. The molecule has 0 N–H and O–H groups in total. The minimum atomic E-state index is 1.01. The SMILES string of the molecule is C1=CCC2=C(C=1)C=[C+]C=C2. The molecule has 2 aliphatic carbocycles. The van der Waals surface area contributed by atoms with E-state index in [0.29, 0.717) is 0 Å². The normalized spacial score (nSPS) is 19.2. The zero-order valence-electron chi connectivity index (χ0n) is 5.59. The first-order chi connectivity index (χ1) is 4.97. The van der Waals surface area contributed by atoms with Gasteiger partial charge in [0.05, 0.1) is 17.2 Å². The van der Waals surface area contributed by atoms with Crippen molar-refractivity contribution in [2.75, 3.05) is 0 Å². The van der Waals surface area contributed by atoms with Crippen molar-refractivity contribution in [3.63, 3.8) is 0 Å². The molecule has 0 aromatic rings. The summed E-state index contributed by atoms with van der Waals surface area (Å²) in [4.78, 5) is 0. The van der Waals surface area contributed by atoms with E-state index in [1.807, 2.05) is 24.3 Å². The molecule has 0 saturated heterocycles. The molecule has 0 aliphatic heterocycles. The summed E-state index contributed by atoms with van der Waals surface area (Å²) in [6.07, 6.45) is 14.1. The molecular weight excluding hydrogens is 120 g/mol. The van der Waals surface area contributed by atoms with E-state index in [4.69, 9.17) is 0 Å². The van der Waals surface area contributed by atoms with Crippen molar-refractivity contribution in [1.29, 1.82) is 0 Å². The monoisotopic (exact) mass is 127 g/mol. The Hall–Kier alpha value is -1.35. The van der Waals surface area contributed by atoms with E-state index in [9.17, 15) is 0 Å². The van der Waals surface area contributed by atoms with Gasteiger partial charge in [-0.3, -0.25) is 0 Å². The largest absolute Gasteiger partial charge is 0.111 e. The third-order valence-electron chi connectivity index (χ3n) is 1.67. The second-order valence-corrected chi connectivity index (χ2v) is 2.34. The van der Waals surface area contributed by atoms with Gasteiger partial charge in [0.1, 0.15) is 12.2 Å². The van der Waals surface area contributed by atoms with Crippen molar-refractivity contribution in [3.05, 3.63) is 53.3 Å². The van der Waals surface area contributed by atoms with Gasteiger partial charge in [0.25, 0.3) is 0 Å². The van der Waals surface area contributed by atoms with Gasteiger partial charge in [0.15, 0.2) is 0 Å². The maximum absolute atomic E-state index is 3.07. The lowest BCUT2D eigenvalue weighted by atomic mass is 9.98. The predicted molar refractivity (Wildman–Crippen MR) is 41.2 cm³/mol. The van der Waals surface area contributed by atoms with Crippen LogP contribution in [0.15, 0.2) is 47.3 Å². The number of allylic oxidation sites excluding steroid dienone is 7. The van der Waals surface area contributed by atoms with Crippen LogP contribution in [-0.2, 0) is 0 Å².